The largest absolute Gasteiger partial charge is 0.480 e. The van der Waals surface area contributed by atoms with Gasteiger partial charge in [0.25, 0.3) is 5.91 Å². The van der Waals surface area contributed by atoms with Gasteiger partial charge in [-0.1, -0.05) is 60.7 Å². The summed E-state index contributed by atoms with van der Waals surface area (Å²) in [5, 5.41) is 10.0. The molecule has 3 aromatic carbocycles. The molecule has 3 atom stereocenters. The van der Waals surface area contributed by atoms with Crippen LogP contribution in [0.25, 0.3) is 0 Å². The molecule has 1 saturated heterocycles. The highest BCUT2D eigenvalue weighted by Crippen LogP contribution is 2.34. The minimum absolute atomic E-state index is 0.439. The van der Waals surface area contributed by atoms with E-state index in [0.29, 0.717) is 24.3 Å². The van der Waals surface area contributed by atoms with Crippen LogP contribution in [0.1, 0.15) is 71.9 Å². The third kappa shape index (κ3) is 12.1. The second kappa shape index (κ2) is 19.6. The van der Waals surface area contributed by atoms with Gasteiger partial charge in [0.2, 0.25) is 13.6 Å². The summed E-state index contributed by atoms with van der Waals surface area (Å²) in [6, 6.07) is 25.3. The number of ether oxygens (including phenoxy) is 7. The van der Waals surface area contributed by atoms with Crippen LogP contribution in [0.2, 0.25) is 0 Å². The Kier molecular flexibility index (Phi) is 15.2. The highest BCUT2D eigenvalue weighted by molar-refractivity contribution is 6.03. The molecule has 1 aliphatic heterocycles. The van der Waals surface area contributed by atoms with Crippen LogP contribution >= 0.6 is 0 Å². The van der Waals surface area contributed by atoms with Crippen LogP contribution in [0.3, 0.4) is 0 Å². The van der Waals surface area contributed by atoms with Crippen molar-refractivity contribution in [1.29, 1.82) is 0 Å². The van der Waals surface area contributed by atoms with Crippen LogP contribution < -0.4 is 4.74 Å². The number of nitrogens with zero attached hydrogens (tertiary/aromatic N) is 1. The molecule has 58 heavy (non-hydrogen) atoms. The van der Waals surface area contributed by atoms with Crippen molar-refractivity contribution in [3.8, 4) is 11.5 Å². The summed E-state index contributed by atoms with van der Waals surface area (Å²) in [7, 11) is 0. The van der Waals surface area contributed by atoms with Gasteiger partial charge in [0.15, 0.2) is 6.10 Å². The molecule has 0 aliphatic carbocycles. The summed E-state index contributed by atoms with van der Waals surface area (Å²) in [4.78, 5) is 79.3. The van der Waals surface area contributed by atoms with Gasteiger partial charge in [0.05, 0.1) is 17.4 Å². The van der Waals surface area contributed by atoms with Gasteiger partial charge in [-0.25, -0.2) is 9.59 Å². The zero-order valence-electron chi connectivity index (χ0n) is 33.8. The van der Waals surface area contributed by atoms with E-state index in [0.717, 1.165) is 16.0 Å². The summed E-state index contributed by atoms with van der Waals surface area (Å²) in [6.45, 7) is 7.73. The topological polar surface area (TPSA) is 190 Å². The van der Waals surface area contributed by atoms with Crippen LogP contribution in [0, 0.1) is 10.8 Å². The minimum Gasteiger partial charge on any atom is -0.480 e. The lowest BCUT2D eigenvalue weighted by Crippen LogP contribution is -2.53. The van der Waals surface area contributed by atoms with Crippen molar-refractivity contribution in [2.24, 2.45) is 10.8 Å². The Labute approximate surface area is 337 Å². The normalized spacial score (nSPS) is 15.9. The fourth-order valence-corrected chi connectivity index (χ4v) is 5.81. The number of carbonyl (C=O) groups is 6. The maximum absolute atomic E-state index is 14.3. The fourth-order valence-electron chi connectivity index (χ4n) is 5.81. The average Bonchev–Trinajstić information content (AvgIpc) is 3.64. The molecule has 0 spiro atoms. The second-order valence-corrected chi connectivity index (χ2v) is 15.7. The molecular weight excluding hydrogens is 754 g/mol. The van der Waals surface area contributed by atoms with E-state index in [2.05, 4.69) is 0 Å². The van der Waals surface area contributed by atoms with Crippen LogP contribution in [-0.4, -0.2) is 90.4 Å². The van der Waals surface area contributed by atoms with Crippen LogP contribution in [0.15, 0.2) is 84.9 Å². The van der Waals surface area contributed by atoms with Crippen molar-refractivity contribution in [3.05, 3.63) is 96.1 Å². The van der Waals surface area contributed by atoms with Gasteiger partial charge in [-0.3, -0.25) is 19.2 Å². The van der Waals surface area contributed by atoms with Gasteiger partial charge in [-0.15, -0.1) is 0 Å². The summed E-state index contributed by atoms with van der Waals surface area (Å²) < 4.78 is 37.3. The molecule has 1 heterocycles. The van der Waals surface area contributed by atoms with Crippen LogP contribution in [-0.2, 0) is 63.6 Å². The van der Waals surface area contributed by atoms with Crippen molar-refractivity contribution < 1.29 is 67.0 Å². The van der Waals surface area contributed by atoms with E-state index in [1.807, 2.05) is 72.8 Å². The molecule has 1 aliphatic rings. The first-order valence-corrected chi connectivity index (χ1v) is 18.7. The average molecular weight is 806 g/mol. The van der Waals surface area contributed by atoms with Gasteiger partial charge >= 0.3 is 35.6 Å². The number of aryl methyl sites for hydroxylation is 1. The molecule has 312 valence electrons. The fraction of sp³-hybridized carbons (Fsp3) is 0.442. The number of carbonyl (C=O) groups excluding carboxylic acids is 5. The SMILES string of the molecule is CC(C(CCc1ccccc1)c1ccc(Oc2ccccc2)cc1)N(CC(=O)O)C(=O)C1COC(C(=O)OCOC(=O)C(C)(C)C)(C(=O)OCOC(=O)C(C)(C)C)O1. The summed E-state index contributed by atoms with van der Waals surface area (Å²) in [5.41, 5.74) is -0.111. The minimum atomic E-state index is -3.04. The molecule has 1 fully saturated rings. The summed E-state index contributed by atoms with van der Waals surface area (Å²) in [5.74, 6) is -9.05. The van der Waals surface area contributed by atoms with Gasteiger partial charge in [0, 0.05) is 12.0 Å². The molecule has 15 heteroatoms. The van der Waals surface area contributed by atoms with Gasteiger partial charge in [-0.2, -0.15) is 0 Å². The quantitative estimate of drug-likeness (QED) is 0.0980. The highest BCUT2D eigenvalue weighted by atomic mass is 16.8. The number of esters is 4. The highest BCUT2D eigenvalue weighted by Gasteiger charge is 2.60. The number of amides is 1. The number of hydrogen-bond acceptors (Lipinski definition) is 13. The Bertz CT molecular complexity index is 1840. The molecule has 0 radical (unpaired) electrons. The zero-order chi connectivity index (χ0) is 42.7. The lowest BCUT2D eigenvalue weighted by Gasteiger charge is -2.35. The van der Waals surface area contributed by atoms with E-state index in [4.69, 9.17) is 33.2 Å². The molecule has 1 amide bonds. The van der Waals surface area contributed by atoms with Gasteiger partial charge < -0.3 is 43.2 Å². The monoisotopic (exact) mass is 805 g/mol. The smallest absolute Gasteiger partial charge is 0.382 e. The Hall–Kier alpha value is -5.80. The van der Waals surface area contributed by atoms with E-state index < -0.39 is 97.2 Å². The van der Waals surface area contributed by atoms with Crippen molar-refractivity contribution in [1.82, 2.24) is 4.90 Å². The molecule has 3 unspecified atom stereocenters. The van der Waals surface area contributed by atoms with E-state index in [1.165, 1.54) is 0 Å². The predicted molar refractivity (Wildman–Crippen MR) is 206 cm³/mol. The van der Waals surface area contributed by atoms with Crippen LogP contribution in [0.4, 0.5) is 0 Å². The molecule has 4 rings (SSSR count). The lowest BCUT2D eigenvalue weighted by atomic mass is 9.85. The maximum Gasteiger partial charge on any atom is 0.382 e. The first kappa shape index (κ1) is 44.9. The third-order valence-electron chi connectivity index (χ3n) is 9.08. The number of para-hydroxylation sites is 1. The second-order valence-electron chi connectivity index (χ2n) is 15.7. The van der Waals surface area contributed by atoms with Crippen LogP contribution in [0.5, 0.6) is 11.5 Å². The Morgan fingerprint density at radius 1 is 0.741 bits per heavy atom. The first-order chi connectivity index (χ1) is 27.3. The third-order valence-corrected chi connectivity index (χ3v) is 9.08. The number of benzene rings is 3. The molecule has 0 bridgehead atoms. The van der Waals surface area contributed by atoms with E-state index in [9.17, 15) is 33.9 Å². The number of aliphatic carboxylic acids is 1. The Morgan fingerprint density at radius 2 is 1.24 bits per heavy atom. The molecule has 3 aromatic rings. The number of hydrogen-bond donors (Lipinski definition) is 1. The zero-order valence-corrected chi connectivity index (χ0v) is 33.8. The number of carboxylic acids is 1. The molecular formula is C43H51NO14. The molecule has 0 aromatic heterocycles. The first-order valence-electron chi connectivity index (χ1n) is 18.7. The predicted octanol–water partition coefficient (Wildman–Crippen LogP) is 5.79. The Balaban J connectivity index is 1.61. The van der Waals surface area contributed by atoms with Crippen molar-refractivity contribution >= 4 is 35.8 Å². The van der Waals surface area contributed by atoms with E-state index in [1.54, 1.807) is 60.6 Å². The summed E-state index contributed by atoms with van der Waals surface area (Å²) >= 11 is 0. The van der Waals surface area contributed by atoms with Crippen molar-refractivity contribution in [2.75, 3.05) is 26.7 Å². The maximum atomic E-state index is 14.3. The van der Waals surface area contributed by atoms with E-state index in [-0.39, 0.29) is 0 Å². The lowest BCUT2D eigenvalue weighted by molar-refractivity contribution is -0.235. The Morgan fingerprint density at radius 3 is 1.74 bits per heavy atom. The van der Waals surface area contributed by atoms with Crippen molar-refractivity contribution in [2.45, 2.75) is 85.2 Å². The molecule has 0 saturated carbocycles. The van der Waals surface area contributed by atoms with Gasteiger partial charge in [0.1, 0.15) is 18.0 Å². The standard InChI is InChI=1S/C43H51NO14/c1-28(33(23-18-29-14-10-8-11-15-29)30-19-21-32(22-20-30)57-31-16-12-9-13-17-31)44(24-35(45)46)36(47)34-25-56-43(58-34,39(50)54-26-52-37(48)41(2,3)4)40(51)55-27-53-38(49)42(5,6)7/h8-17,19-22,28,33-34H,18,23-27H2,1-7H3,(H,45,46). The van der Waals surface area contributed by atoms with Gasteiger partial charge in [-0.05, 0) is 96.7 Å². The number of rotatable bonds is 17. The van der Waals surface area contributed by atoms with Crippen molar-refractivity contribution in [3.63, 3.8) is 0 Å². The number of carboxylic acid groups (broad SMARTS) is 1. The molecule has 15 nitrogen and oxygen atoms in total. The summed E-state index contributed by atoms with van der Waals surface area (Å²) in [6.07, 6.45) is -0.650. The molecule has 1 N–H and O–H groups in total. The van der Waals surface area contributed by atoms with E-state index >= 15 is 0 Å².